The minimum absolute atomic E-state index is 0.0259. The summed E-state index contributed by atoms with van der Waals surface area (Å²) in [6.45, 7) is 9.08. The van der Waals surface area contributed by atoms with Crippen LogP contribution >= 0.6 is 11.9 Å². The van der Waals surface area contributed by atoms with Crippen molar-refractivity contribution in [2.75, 3.05) is 17.2 Å². The summed E-state index contributed by atoms with van der Waals surface area (Å²) in [5.41, 5.74) is 12.0. The number of aliphatic carboxylic acids is 1. The van der Waals surface area contributed by atoms with Crippen LogP contribution in [0.15, 0.2) is 72.8 Å². The molecule has 4 aromatic rings. The Morgan fingerprint density at radius 2 is 1.62 bits per heavy atom. The molecule has 1 atom stereocenters. The van der Waals surface area contributed by atoms with E-state index in [1.165, 1.54) is 16.7 Å². The van der Waals surface area contributed by atoms with Gasteiger partial charge in [-0.25, -0.2) is 0 Å². The van der Waals surface area contributed by atoms with Crippen LogP contribution in [0.3, 0.4) is 0 Å². The van der Waals surface area contributed by atoms with Gasteiger partial charge in [-0.2, -0.15) is 0 Å². The third-order valence-electron chi connectivity index (χ3n) is 7.78. The lowest BCUT2D eigenvalue weighted by molar-refractivity contribution is -0.136. The van der Waals surface area contributed by atoms with E-state index in [4.69, 9.17) is 4.74 Å². The summed E-state index contributed by atoms with van der Waals surface area (Å²) in [6.07, 6.45) is 2.89. The van der Waals surface area contributed by atoms with Crippen LogP contribution in [-0.2, 0) is 17.6 Å². The normalized spacial score (nSPS) is 14.1. The number of carbonyl (C=O) groups is 1. The van der Waals surface area contributed by atoms with Crippen LogP contribution in [0, 0.1) is 20.8 Å². The van der Waals surface area contributed by atoms with Gasteiger partial charge in [-0.1, -0.05) is 84.2 Å². The van der Waals surface area contributed by atoms with Gasteiger partial charge in [0.05, 0.1) is 24.8 Å². The topological polar surface area (TPSA) is 49.8 Å². The van der Waals surface area contributed by atoms with E-state index in [-0.39, 0.29) is 12.5 Å². The third kappa shape index (κ3) is 5.04. The number of hydrogen-bond donors (Lipinski definition) is 1. The largest absolute Gasteiger partial charge is 0.493 e. The maximum Gasteiger partial charge on any atom is 0.307 e. The number of nitrogens with zero attached hydrogens (tertiary/aromatic N) is 1. The molecule has 200 valence electrons. The van der Waals surface area contributed by atoms with Crippen LogP contribution in [0.5, 0.6) is 5.75 Å². The van der Waals surface area contributed by atoms with E-state index in [2.05, 4.69) is 105 Å². The molecule has 1 aliphatic rings. The predicted molar refractivity (Wildman–Crippen MR) is 163 cm³/mol. The van der Waals surface area contributed by atoms with E-state index >= 15 is 0 Å². The highest BCUT2D eigenvalue weighted by Gasteiger charge is 2.35. The highest BCUT2D eigenvalue weighted by molar-refractivity contribution is 8.00. The fourth-order valence-electron chi connectivity index (χ4n) is 5.89. The zero-order valence-electron chi connectivity index (χ0n) is 23.2. The molecule has 0 saturated carbocycles. The molecule has 0 aliphatic carbocycles. The lowest BCUT2D eigenvalue weighted by Crippen LogP contribution is -2.26. The second kappa shape index (κ2) is 11.2. The van der Waals surface area contributed by atoms with Gasteiger partial charge in [0, 0.05) is 23.8 Å². The molecule has 4 nitrogen and oxygen atoms in total. The molecule has 0 aromatic heterocycles. The number of aryl methyl sites for hydroxylation is 1. The smallest absolute Gasteiger partial charge is 0.307 e. The summed E-state index contributed by atoms with van der Waals surface area (Å²) < 4.78 is 8.85. The average Bonchev–Trinajstić information content (AvgIpc) is 2.93. The van der Waals surface area contributed by atoms with Gasteiger partial charge in [-0.15, -0.1) is 0 Å². The lowest BCUT2D eigenvalue weighted by Gasteiger charge is -2.40. The van der Waals surface area contributed by atoms with E-state index in [0.29, 0.717) is 6.61 Å². The Morgan fingerprint density at radius 3 is 2.28 bits per heavy atom. The van der Waals surface area contributed by atoms with Crippen molar-refractivity contribution in [2.45, 2.75) is 46.6 Å². The Morgan fingerprint density at radius 1 is 0.897 bits per heavy atom. The predicted octanol–water partition coefficient (Wildman–Crippen LogP) is 8.35. The van der Waals surface area contributed by atoms with Crippen molar-refractivity contribution >= 4 is 23.6 Å². The first kappa shape index (κ1) is 26.9. The van der Waals surface area contributed by atoms with Gasteiger partial charge in [0.25, 0.3) is 0 Å². The Kier molecular flexibility index (Phi) is 7.72. The van der Waals surface area contributed by atoms with Crippen LogP contribution in [-0.4, -0.2) is 23.9 Å². The molecule has 0 bridgehead atoms. The van der Waals surface area contributed by atoms with Gasteiger partial charge in [0.15, 0.2) is 0 Å². The fourth-order valence-corrected chi connectivity index (χ4v) is 6.73. The average molecular weight is 538 g/mol. The fraction of sp³-hybridized carbons (Fsp3) is 0.265. The highest BCUT2D eigenvalue weighted by Crippen LogP contribution is 2.55. The van der Waals surface area contributed by atoms with Crippen LogP contribution in [0.25, 0.3) is 22.3 Å². The van der Waals surface area contributed by atoms with Crippen molar-refractivity contribution in [3.63, 3.8) is 0 Å². The van der Waals surface area contributed by atoms with E-state index in [0.717, 1.165) is 56.8 Å². The molecule has 0 spiro atoms. The standard InChI is InChI=1S/C34H35NO3S/c1-21-14-16-26(17-15-21)31-23(3)32-33-27(12-9-13-29(33)38-19-18-25-10-7-6-8-11-25)24(4)35(39-5)34(32)22(2)28(31)20-30(36)37/h6-17,24H,18-20H2,1-5H3,(H,36,37)/t24-/m0/s1. The number of benzene rings is 4. The molecule has 5 heteroatoms. The summed E-state index contributed by atoms with van der Waals surface area (Å²) in [5.74, 6) is 0.0522. The van der Waals surface area contributed by atoms with Gasteiger partial charge < -0.3 is 14.1 Å². The van der Waals surface area contributed by atoms with Crippen LogP contribution in [0.4, 0.5) is 5.69 Å². The molecule has 39 heavy (non-hydrogen) atoms. The Bertz CT molecular complexity index is 1510. The molecular weight excluding hydrogens is 502 g/mol. The summed E-state index contributed by atoms with van der Waals surface area (Å²) in [6, 6.07) is 25.2. The minimum atomic E-state index is -0.823. The summed E-state index contributed by atoms with van der Waals surface area (Å²) in [7, 11) is 0. The first-order chi connectivity index (χ1) is 18.8. The zero-order valence-corrected chi connectivity index (χ0v) is 24.1. The minimum Gasteiger partial charge on any atom is -0.493 e. The third-order valence-corrected chi connectivity index (χ3v) is 8.68. The second-order valence-corrected chi connectivity index (χ2v) is 11.0. The van der Waals surface area contributed by atoms with E-state index in [1.54, 1.807) is 11.9 Å². The van der Waals surface area contributed by atoms with Crippen molar-refractivity contribution < 1.29 is 14.6 Å². The monoisotopic (exact) mass is 537 g/mol. The molecule has 1 heterocycles. The van der Waals surface area contributed by atoms with Gasteiger partial charge in [0.2, 0.25) is 0 Å². The number of carboxylic acid groups (broad SMARTS) is 1. The summed E-state index contributed by atoms with van der Waals surface area (Å²) in [5, 5.41) is 9.93. The quantitative estimate of drug-likeness (QED) is 0.229. The van der Waals surface area contributed by atoms with Crippen molar-refractivity contribution in [2.24, 2.45) is 0 Å². The molecule has 0 amide bonds. The first-order valence-electron chi connectivity index (χ1n) is 13.4. The zero-order chi connectivity index (χ0) is 27.7. The number of hydrogen-bond acceptors (Lipinski definition) is 4. The summed E-state index contributed by atoms with van der Waals surface area (Å²) in [4.78, 5) is 12.1. The molecule has 1 N–H and O–H groups in total. The molecule has 0 fully saturated rings. The molecular formula is C34H35NO3S. The van der Waals surface area contributed by atoms with E-state index < -0.39 is 5.97 Å². The number of rotatable bonds is 8. The van der Waals surface area contributed by atoms with Crippen molar-refractivity contribution in [1.82, 2.24) is 0 Å². The second-order valence-electron chi connectivity index (χ2n) is 10.3. The van der Waals surface area contributed by atoms with Crippen LogP contribution in [0.1, 0.15) is 46.3 Å². The first-order valence-corrected chi connectivity index (χ1v) is 14.6. The number of carboxylic acids is 1. The number of fused-ring (bicyclic) bond motifs is 3. The molecule has 4 aromatic carbocycles. The van der Waals surface area contributed by atoms with E-state index in [9.17, 15) is 9.90 Å². The van der Waals surface area contributed by atoms with Gasteiger partial charge in [-0.3, -0.25) is 4.79 Å². The Labute approximate surface area is 235 Å². The number of anilines is 1. The SMILES string of the molecule is CSN1c2c(C)c(CC(=O)O)c(-c3ccc(C)cc3)c(C)c2-c2c(OCCc3ccccc3)cccc2[C@@H]1C. The van der Waals surface area contributed by atoms with Crippen molar-refractivity contribution in [1.29, 1.82) is 0 Å². The van der Waals surface area contributed by atoms with Gasteiger partial charge >= 0.3 is 5.97 Å². The molecule has 5 rings (SSSR count). The molecule has 0 radical (unpaired) electrons. The maximum atomic E-state index is 12.1. The molecule has 1 aliphatic heterocycles. The highest BCUT2D eigenvalue weighted by atomic mass is 32.2. The Hall–Kier alpha value is -3.70. The number of ether oxygens (including phenoxy) is 1. The van der Waals surface area contributed by atoms with Crippen LogP contribution in [0.2, 0.25) is 0 Å². The van der Waals surface area contributed by atoms with E-state index in [1.807, 2.05) is 6.07 Å². The maximum absolute atomic E-state index is 12.1. The van der Waals surface area contributed by atoms with Crippen molar-refractivity contribution in [3.05, 3.63) is 106 Å². The van der Waals surface area contributed by atoms with Gasteiger partial charge in [0.1, 0.15) is 5.75 Å². The molecule has 0 saturated heterocycles. The molecule has 0 unspecified atom stereocenters. The Balaban J connectivity index is 1.73. The van der Waals surface area contributed by atoms with Crippen molar-refractivity contribution in [3.8, 4) is 28.0 Å². The lowest BCUT2D eigenvalue weighted by atomic mass is 9.79. The van der Waals surface area contributed by atoms with Gasteiger partial charge in [-0.05, 0) is 72.7 Å². The summed E-state index contributed by atoms with van der Waals surface area (Å²) >= 11 is 1.68. The van der Waals surface area contributed by atoms with Crippen LogP contribution < -0.4 is 9.04 Å².